The molecular formula is C20H22N2O4S2. The van der Waals surface area contributed by atoms with Crippen molar-refractivity contribution in [2.24, 2.45) is 0 Å². The first-order valence-electron chi connectivity index (χ1n) is 9.47. The molecular weight excluding hydrogens is 396 g/mol. The largest absolute Gasteiger partial charge is 0.454 e. The molecule has 1 amide bonds. The number of carbonyl (C=O) groups is 2. The number of carbonyl (C=O) groups excluding carboxylic acids is 2. The molecule has 1 aliphatic heterocycles. The van der Waals surface area contributed by atoms with Gasteiger partial charge in [0.2, 0.25) is 12.7 Å². The molecule has 1 N–H and O–H groups in total. The Morgan fingerprint density at radius 3 is 2.86 bits per heavy atom. The molecule has 2 heterocycles. The lowest BCUT2D eigenvalue weighted by Gasteiger charge is -2.22. The maximum atomic E-state index is 12.4. The molecule has 0 saturated heterocycles. The summed E-state index contributed by atoms with van der Waals surface area (Å²) in [4.78, 5) is 29.1. The maximum absolute atomic E-state index is 12.4. The van der Waals surface area contributed by atoms with E-state index in [0.29, 0.717) is 35.3 Å². The normalized spacial score (nSPS) is 16.1. The van der Waals surface area contributed by atoms with Crippen LogP contribution in [0.3, 0.4) is 0 Å². The number of ketones is 1. The van der Waals surface area contributed by atoms with Gasteiger partial charge < -0.3 is 14.8 Å². The number of amides is 1. The number of aromatic nitrogens is 1. The van der Waals surface area contributed by atoms with Crippen LogP contribution in [0.5, 0.6) is 11.5 Å². The van der Waals surface area contributed by atoms with Crippen LogP contribution in [0, 0.1) is 0 Å². The second-order valence-electron chi connectivity index (χ2n) is 6.96. The summed E-state index contributed by atoms with van der Waals surface area (Å²) in [6.45, 7) is 0.192. The highest BCUT2D eigenvalue weighted by Gasteiger charge is 2.18. The molecule has 4 rings (SSSR count). The van der Waals surface area contributed by atoms with E-state index in [1.807, 2.05) is 5.38 Å². The van der Waals surface area contributed by atoms with Crippen molar-refractivity contribution in [3.8, 4) is 11.5 Å². The smallest absolute Gasteiger partial charge is 0.231 e. The standard InChI is InChI=1S/C20H22N2O4S2/c23-16(13-6-7-17-18(8-13)26-12-25-17)11-28-20-22-15(10-27-20)9-19(24)21-14-4-2-1-3-5-14/h6-8,10,14H,1-5,9,11-12H2,(H,21,24). The van der Waals surface area contributed by atoms with Gasteiger partial charge in [0, 0.05) is 17.0 Å². The van der Waals surface area contributed by atoms with Gasteiger partial charge in [-0.25, -0.2) is 4.98 Å². The van der Waals surface area contributed by atoms with Crippen LogP contribution in [0.4, 0.5) is 0 Å². The number of Topliss-reactive ketones (excluding diaryl/α,β-unsaturated/α-hetero) is 1. The molecule has 148 valence electrons. The molecule has 0 spiro atoms. The summed E-state index contributed by atoms with van der Waals surface area (Å²) in [5.74, 6) is 1.61. The van der Waals surface area contributed by atoms with Gasteiger partial charge in [0.25, 0.3) is 0 Å². The van der Waals surface area contributed by atoms with E-state index in [2.05, 4.69) is 10.3 Å². The zero-order valence-corrected chi connectivity index (χ0v) is 17.1. The zero-order valence-electron chi connectivity index (χ0n) is 15.4. The van der Waals surface area contributed by atoms with E-state index in [1.54, 1.807) is 18.2 Å². The molecule has 1 aliphatic carbocycles. The molecule has 6 nitrogen and oxygen atoms in total. The van der Waals surface area contributed by atoms with E-state index in [-0.39, 0.29) is 18.5 Å². The number of benzene rings is 1. The fraction of sp³-hybridized carbons (Fsp3) is 0.450. The molecule has 1 aromatic heterocycles. The molecule has 0 radical (unpaired) electrons. The number of hydrogen-bond acceptors (Lipinski definition) is 7. The first-order valence-corrected chi connectivity index (χ1v) is 11.3. The Kier molecular flexibility index (Phi) is 6.17. The first-order chi connectivity index (χ1) is 13.7. The lowest BCUT2D eigenvalue weighted by Crippen LogP contribution is -2.37. The van der Waals surface area contributed by atoms with Gasteiger partial charge >= 0.3 is 0 Å². The van der Waals surface area contributed by atoms with Gasteiger partial charge in [0.15, 0.2) is 21.6 Å². The molecule has 1 saturated carbocycles. The van der Waals surface area contributed by atoms with Crippen LogP contribution >= 0.6 is 23.1 Å². The zero-order chi connectivity index (χ0) is 19.3. The van der Waals surface area contributed by atoms with Gasteiger partial charge in [0.05, 0.1) is 17.9 Å². The van der Waals surface area contributed by atoms with Gasteiger partial charge in [-0.15, -0.1) is 11.3 Å². The van der Waals surface area contributed by atoms with Crippen molar-refractivity contribution in [2.45, 2.75) is 48.9 Å². The summed E-state index contributed by atoms with van der Waals surface area (Å²) >= 11 is 2.86. The molecule has 0 atom stereocenters. The van der Waals surface area contributed by atoms with Crippen LogP contribution in [0.25, 0.3) is 0 Å². The molecule has 0 unspecified atom stereocenters. The minimum Gasteiger partial charge on any atom is -0.454 e. The SMILES string of the molecule is O=C(Cc1csc(SCC(=O)c2ccc3c(c2)OCO3)n1)NC1CCCCC1. The van der Waals surface area contributed by atoms with Crippen molar-refractivity contribution in [1.29, 1.82) is 0 Å². The Morgan fingerprint density at radius 1 is 1.18 bits per heavy atom. The van der Waals surface area contributed by atoms with Gasteiger partial charge in [-0.3, -0.25) is 9.59 Å². The fourth-order valence-electron chi connectivity index (χ4n) is 3.41. The summed E-state index contributed by atoms with van der Waals surface area (Å²) in [5.41, 5.74) is 1.36. The summed E-state index contributed by atoms with van der Waals surface area (Å²) in [6.07, 6.45) is 6.10. The lowest BCUT2D eigenvalue weighted by atomic mass is 9.95. The van der Waals surface area contributed by atoms with Crippen molar-refractivity contribution in [3.05, 3.63) is 34.8 Å². The number of thioether (sulfide) groups is 1. The maximum Gasteiger partial charge on any atom is 0.231 e. The lowest BCUT2D eigenvalue weighted by molar-refractivity contribution is -0.121. The fourth-order valence-corrected chi connectivity index (χ4v) is 5.15. The highest BCUT2D eigenvalue weighted by molar-refractivity contribution is 8.01. The highest BCUT2D eigenvalue weighted by Crippen LogP contribution is 2.33. The molecule has 8 heteroatoms. The van der Waals surface area contributed by atoms with E-state index >= 15 is 0 Å². The number of fused-ring (bicyclic) bond motifs is 1. The van der Waals surface area contributed by atoms with Crippen LogP contribution in [-0.2, 0) is 11.2 Å². The van der Waals surface area contributed by atoms with Gasteiger partial charge in [0.1, 0.15) is 0 Å². The Morgan fingerprint density at radius 2 is 2.00 bits per heavy atom. The minimum absolute atomic E-state index is 0.00934. The van der Waals surface area contributed by atoms with E-state index in [1.165, 1.54) is 42.4 Å². The Labute approximate surface area is 172 Å². The van der Waals surface area contributed by atoms with Crippen LogP contribution in [0.1, 0.15) is 48.2 Å². The predicted molar refractivity (Wildman–Crippen MR) is 108 cm³/mol. The summed E-state index contributed by atoms with van der Waals surface area (Å²) in [7, 11) is 0. The van der Waals surface area contributed by atoms with Gasteiger partial charge in [-0.2, -0.15) is 0 Å². The van der Waals surface area contributed by atoms with Gasteiger partial charge in [-0.05, 0) is 31.0 Å². The van der Waals surface area contributed by atoms with Crippen LogP contribution in [0.2, 0.25) is 0 Å². The Balaban J connectivity index is 1.26. The third-order valence-corrected chi connectivity index (χ3v) is 6.93. The van der Waals surface area contributed by atoms with Crippen molar-refractivity contribution in [1.82, 2.24) is 10.3 Å². The average Bonchev–Trinajstić information content (AvgIpc) is 3.35. The first kappa shape index (κ1) is 19.3. The van der Waals surface area contributed by atoms with Crippen molar-refractivity contribution < 1.29 is 19.1 Å². The Hall–Kier alpha value is -2.06. The Bertz CT molecular complexity index is 862. The summed E-state index contributed by atoms with van der Waals surface area (Å²) in [6, 6.07) is 5.54. The predicted octanol–water partition coefficient (Wildman–Crippen LogP) is 3.84. The average molecular weight is 419 g/mol. The van der Waals surface area contributed by atoms with E-state index in [0.717, 1.165) is 22.9 Å². The second kappa shape index (κ2) is 8.96. The van der Waals surface area contributed by atoms with E-state index in [9.17, 15) is 9.59 Å². The second-order valence-corrected chi connectivity index (χ2v) is 9.04. The monoisotopic (exact) mass is 418 g/mol. The van der Waals surface area contributed by atoms with Crippen LogP contribution < -0.4 is 14.8 Å². The van der Waals surface area contributed by atoms with Crippen molar-refractivity contribution in [3.63, 3.8) is 0 Å². The third-order valence-electron chi connectivity index (χ3n) is 4.86. The van der Waals surface area contributed by atoms with Crippen molar-refractivity contribution >= 4 is 34.8 Å². The molecule has 28 heavy (non-hydrogen) atoms. The van der Waals surface area contributed by atoms with Crippen LogP contribution in [0.15, 0.2) is 27.9 Å². The van der Waals surface area contributed by atoms with Crippen molar-refractivity contribution in [2.75, 3.05) is 12.5 Å². The quantitative estimate of drug-likeness (QED) is 0.544. The molecule has 1 fully saturated rings. The molecule has 2 aliphatic rings. The van der Waals surface area contributed by atoms with Gasteiger partial charge in [-0.1, -0.05) is 31.0 Å². The number of hydrogen-bond donors (Lipinski definition) is 1. The number of thiazole rings is 1. The molecule has 0 bridgehead atoms. The third kappa shape index (κ3) is 4.86. The summed E-state index contributed by atoms with van der Waals surface area (Å²) < 4.78 is 11.4. The summed E-state index contributed by atoms with van der Waals surface area (Å²) in [5, 5.41) is 5.01. The van der Waals surface area contributed by atoms with E-state index in [4.69, 9.17) is 9.47 Å². The molecule has 2 aromatic rings. The highest BCUT2D eigenvalue weighted by atomic mass is 32.2. The number of ether oxygens (including phenoxy) is 2. The van der Waals surface area contributed by atoms with E-state index < -0.39 is 0 Å². The topological polar surface area (TPSA) is 77.5 Å². The number of rotatable bonds is 7. The van der Waals surface area contributed by atoms with Crippen LogP contribution in [-0.4, -0.2) is 35.3 Å². The minimum atomic E-state index is 0.00934. The number of nitrogens with zero attached hydrogens (tertiary/aromatic N) is 1. The molecule has 1 aromatic carbocycles. The number of nitrogens with one attached hydrogen (secondary N) is 1.